The topological polar surface area (TPSA) is 105 Å². The van der Waals surface area contributed by atoms with Crippen LogP contribution in [0.5, 0.6) is 0 Å². The van der Waals surface area contributed by atoms with E-state index in [1.165, 1.54) is 6.07 Å². The SMILES string of the molecule is CC1CCc2c(-c3nc(NC4CCOCC4O)ncc3F)cc(F)c3nc(C(C)(C)O)n1c23. The standard InChI is InChI=1S/C23H27F2N5O3/c1-11-4-5-12-13(8-14(24)19-20(12)30(11)21(28-19)23(2,3)32)18-15(25)9-26-22(29-18)27-16-6-7-33-10-17(16)31/h8-9,11,16-17,31-32H,4-7,10H2,1-3H3,(H,26,27,29). The lowest BCUT2D eigenvalue weighted by atomic mass is 9.93. The van der Waals surface area contributed by atoms with Gasteiger partial charge in [-0.3, -0.25) is 0 Å². The highest BCUT2D eigenvalue weighted by Gasteiger charge is 2.34. The van der Waals surface area contributed by atoms with Crippen LogP contribution in [0, 0.1) is 11.6 Å². The summed E-state index contributed by atoms with van der Waals surface area (Å²) in [7, 11) is 0. The van der Waals surface area contributed by atoms with Crippen LogP contribution in [0.1, 0.15) is 51.0 Å². The largest absolute Gasteiger partial charge is 0.389 e. The predicted molar refractivity (Wildman–Crippen MR) is 118 cm³/mol. The molecule has 3 aromatic rings. The van der Waals surface area contributed by atoms with E-state index >= 15 is 4.39 Å². The lowest BCUT2D eigenvalue weighted by molar-refractivity contribution is -0.0136. The number of hydrogen-bond acceptors (Lipinski definition) is 7. The molecule has 3 unspecified atom stereocenters. The number of aliphatic hydroxyl groups excluding tert-OH is 1. The number of aromatic nitrogens is 4. The fraction of sp³-hybridized carbons (Fsp3) is 0.522. The first-order valence-corrected chi connectivity index (χ1v) is 11.2. The second kappa shape index (κ2) is 7.96. The number of nitrogens with zero attached hydrogens (tertiary/aromatic N) is 4. The van der Waals surface area contributed by atoms with Crippen LogP contribution in [0.3, 0.4) is 0 Å². The summed E-state index contributed by atoms with van der Waals surface area (Å²) < 4.78 is 37.3. The van der Waals surface area contributed by atoms with Gasteiger partial charge in [0.25, 0.3) is 0 Å². The van der Waals surface area contributed by atoms with Crippen molar-refractivity contribution in [2.24, 2.45) is 0 Å². The van der Waals surface area contributed by atoms with Gasteiger partial charge in [-0.05, 0) is 51.7 Å². The van der Waals surface area contributed by atoms with E-state index in [1.807, 2.05) is 11.5 Å². The molecule has 2 aliphatic rings. The summed E-state index contributed by atoms with van der Waals surface area (Å²) in [5, 5.41) is 23.8. The second-order valence-corrected chi connectivity index (χ2v) is 9.41. The molecule has 0 bridgehead atoms. The number of aliphatic hydroxyl groups is 2. The summed E-state index contributed by atoms with van der Waals surface area (Å²) >= 11 is 0. The fourth-order valence-electron chi connectivity index (χ4n) is 4.79. The highest BCUT2D eigenvalue weighted by Crippen LogP contribution is 2.41. The normalized spacial score (nSPS) is 23.2. The molecule has 1 fully saturated rings. The highest BCUT2D eigenvalue weighted by molar-refractivity contribution is 5.88. The second-order valence-electron chi connectivity index (χ2n) is 9.41. The van der Waals surface area contributed by atoms with Crippen LogP contribution < -0.4 is 5.32 Å². The monoisotopic (exact) mass is 459 g/mol. The number of halogens is 2. The van der Waals surface area contributed by atoms with Gasteiger partial charge in [-0.1, -0.05) is 0 Å². The molecule has 0 amide bonds. The molecular weight excluding hydrogens is 432 g/mol. The molecule has 1 aromatic carbocycles. The van der Waals surface area contributed by atoms with Gasteiger partial charge in [0.1, 0.15) is 22.6 Å². The molecule has 5 rings (SSSR count). The van der Waals surface area contributed by atoms with E-state index in [-0.39, 0.29) is 35.8 Å². The fourth-order valence-corrected chi connectivity index (χ4v) is 4.79. The van der Waals surface area contributed by atoms with Crippen LogP contribution in [0.2, 0.25) is 0 Å². The van der Waals surface area contributed by atoms with Crippen LogP contribution >= 0.6 is 0 Å². The van der Waals surface area contributed by atoms with Crippen LogP contribution in [0.15, 0.2) is 12.3 Å². The molecule has 1 saturated heterocycles. The van der Waals surface area contributed by atoms with Crippen LogP contribution in [0.25, 0.3) is 22.3 Å². The number of aryl methyl sites for hydroxylation is 1. The van der Waals surface area contributed by atoms with Crippen LogP contribution in [-0.4, -0.2) is 55.1 Å². The first-order chi connectivity index (χ1) is 15.6. The maximum Gasteiger partial charge on any atom is 0.223 e. The molecule has 2 aromatic heterocycles. The Labute approximate surface area is 189 Å². The van der Waals surface area contributed by atoms with E-state index in [4.69, 9.17) is 4.74 Å². The zero-order valence-corrected chi connectivity index (χ0v) is 18.8. The molecule has 8 nitrogen and oxygen atoms in total. The van der Waals surface area contributed by atoms with E-state index in [0.717, 1.165) is 18.2 Å². The molecular formula is C23H27F2N5O3. The van der Waals surface area contributed by atoms with E-state index in [0.29, 0.717) is 36.4 Å². The zero-order valence-electron chi connectivity index (χ0n) is 18.8. The van der Waals surface area contributed by atoms with Crippen molar-refractivity contribution in [1.29, 1.82) is 0 Å². The Hall–Kier alpha value is -2.69. The number of rotatable bonds is 4. The summed E-state index contributed by atoms with van der Waals surface area (Å²) in [4.78, 5) is 12.8. The molecule has 4 heterocycles. The summed E-state index contributed by atoms with van der Waals surface area (Å²) in [5.74, 6) is -0.745. The summed E-state index contributed by atoms with van der Waals surface area (Å²) in [6.07, 6.45) is 2.19. The minimum absolute atomic E-state index is 0.000979. The minimum Gasteiger partial charge on any atom is -0.389 e. The number of anilines is 1. The molecule has 3 atom stereocenters. The number of imidazole rings is 1. The van der Waals surface area contributed by atoms with Crippen molar-refractivity contribution >= 4 is 17.0 Å². The molecule has 0 aliphatic carbocycles. The summed E-state index contributed by atoms with van der Waals surface area (Å²) in [6, 6.07) is 0.935. The summed E-state index contributed by atoms with van der Waals surface area (Å²) in [6.45, 7) is 5.91. The first-order valence-electron chi connectivity index (χ1n) is 11.2. The summed E-state index contributed by atoms with van der Waals surface area (Å²) in [5.41, 5.74) is 0.518. The Bertz CT molecular complexity index is 1220. The quantitative estimate of drug-likeness (QED) is 0.551. The third-order valence-corrected chi connectivity index (χ3v) is 6.46. The van der Waals surface area contributed by atoms with Gasteiger partial charge in [0, 0.05) is 18.2 Å². The third-order valence-electron chi connectivity index (χ3n) is 6.46. The molecule has 3 N–H and O–H groups in total. The average Bonchev–Trinajstić information content (AvgIpc) is 3.18. The zero-order chi connectivity index (χ0) is 23.5. The lowest BCUT2D eigenvalue weighted by Gasteiger charge is -2.29. The maximum atomic E-state index is 15.3. The molecule has 2 aliphatic heterocycles. The Morgan fingerprint density at radius 3 is 2.73 bits per heavy atom. The van der Waals surface area contributed by atoms with E-state index in [1.54, 1.807) is 13.8 Å². The van der Waals surface area contributed by atoms with Gasteiger partial charge in [0.2, 0.25) is 5.95 Å². The number of ether oxygens (including phenoxy) is 1. The first kappa shape index (κ1) is 22.1. The average molecular weight is 459 g/mol. The number of benzene rings is 1. The van der Waals surface area contributed by atoms with Gasteiger partial charge in [0.15, 0.2) is 11.6 Å². The predicted octanol–water partition coefficient (Wildman–Crippen LogP) is 3.07. The molecule has 0 spiro atoms. The van der Waals surface area contributed by atoms with Gasteiger partial charge in [-0.15, -0.1) is 0 Å². The van der Waals surface area contributed by atoms with Crippen LogP contribution in [-0.2, 0) is 16.8 Å². The smallest absolute Gasteiger partial charge is 0.223 e. The maximum absolute atomic E-state index is 15.3. The molecule has 10 heteroatoms. The molecule has 0 saturated carbocycles. The Balaban J connectivity index is 1.65. The van der Waals surface area contributed by atoms with Crippen LogP contribution in [0.4, 0.5) is 14.7 Å². The van der Waals surface area contributed by atoms with Gasteiger partial charge in [0.05, 0.1) is 30.5 Å². The van der Waals surface area contributed by atoms with Gasteiger partial charge < -0.3 is 24.8 Å². The third kappa shape index (κ3) is 3.75. The number of nitrogens with one attached hydrogen (secondary N) is 1. The van der Waals surface area contributed by atoms with Crippen molar-refractivity contribution in [3.63, 3.8) is 0 Å². The molecule has 0 radical (unpaired) electrons. The highest BCUT2D eigenvalue weighted by atomic mass is 19.1. The van der Waals surface area contributed by atoms with Gasteiger partial charge >= 0.3 is 0 Å². The minimum atomic E-state index is -1.27. The van der Waals surface area contributed by atoms with Crippen molar-refractivity contribution < 1.29 is 23.7 Å². The van der Waals surface area contributed by atoms with Crippen molar-refractivity contribution in [1.82, 2.24) is 19.5 Å². The Morgan fingerprint density at radius 2 is 2.00 bits per heavy atom. The van der Waals surface area contributed by atoms with Gasteiger partial charge in [-0.2, -0.15) is 0 Å². The Morgan fingerprint density at radius 1 is 1.21 bits per heavy atom. The number of hydrogen-bond donors (Lipinski definition) is 3. The molecule has 33 heavy (non-hydrogen) atoms. The van der Waals surface area contributed by atoms with E-state index in [2.05, 4.69) is 20.3 Å². The van der Waals surface area contributed by atoms with E-state index < -0.39 is 23.3 Å². The lowest BCUT2D eigenvalue weighted by Crippen LogP contribution is -2.42. The van der Waals surface area contributed by atoms with Crippen molar-refractivity contribution in [3.05, 3.63) is 35.3 Å². The molecule has 176 valence electrons. The van der Waals surface area contributed by atoms with E-state index in [9.17, 15) is 14.6 Å². The van der Waals surface area contributed by atoms with Gasteiger partial charge in [-0.25, -0.2) is 23.7 Å². The van der Waals surface area contributed by atoms with Crippen molar-refractivity contribution in [2.45, 2.75) is 63.8 Å². The Kier molecular flexibility index (Phi) is 5.34. The van der Waals surface area contributed by atoms with Crippen molar-refractivity contribution in [2.75, 3.05) is 18.5 Å². The van der Waals surface area contributed by atoms with Crippen molar-refractivity contribution in [3.8, 4) is 11.3 Å².